The van der Waals surface area contributed by atoms with Crippen molar-refractivity contribution in [2.24, 2.45) is 0 Å². The molecule has 0 saturated carbocycles. The van der Waals surface area contributed by atoms with Crippen molar-refractivity contribution < 1.29 is 37.3 Å². The summed E-state index contributed by atoms with van der Waals surface area (Å²) in [5.41, 5.74) is 4.47. The van der Waals surface area contributed by atoms with Gasteiger partial charge in [-0.3, -0.25) is 4.79 Å². The van der Waals surface area contributed by atoms with Crippen LogP contribution >= 0.6 is 0 Å². The van der Waals surface area contributed by atoms with Crippen LogP contribution in [0.1, 0.15) is 42.4 Å². The second kappa shape index (κ2) is 13.4. The highest BCUT2D eigenvalue weighted by molar-refractivity contribution is 7.90. The molecule has 0 aliphatic carbocycles. The van der Waals surface area contributed by atoms with Crippen molar-refractivity contribution in [2.75, 3.05) is 25.4 Å². The fourth-order valence-electron chi connectivity index (χ4n) is 4.34. The molecule has 1 atom stereocenters. The van der Waals surface area contributed by atoms with E-state index < -0.39 is 15.8 Å². The lowest BCUT2D eigenvalue weighted by atomic mass is 9.96. The molecule has 0 saturated heterocycles. The van der Waals surface area contributed by atoms with Gasteiger partial charge in [-0.2, -0.15) is 0 Å². The van der Waals surface area contributed by atoms with Crippen molar-refractivity contribution in [1.29, 1.82) is 0 Å². The molecule has 3 aromatic rings. The van der Waals surface area contributed by atoms with E-state index in [0.29, 0.717) is 43.5 Å². The normalized spacial score (nSPS) is 12.8. The quantitative estimate of drug-likeness (QED) is 0.236. The fraction of sp³-hybridized carbons (Fsp3) is 0.323. The minimum absolute atomic E-state index is 0.0523. The third kappa shape index (κ3) is 8.25. The van der Waals surface area contributed by atoms with Crippen molar-refractivity contribution in [1.82, 2.24) is 0 Å². The SMILES string of the molecule is CC#C[C@@H](CC(=O)O)c1ccc(OCc2ccc3c(c2)-c2ccc(COCCCS(C)(=O)=O)cc2OCO3)cc1. The Balaban J connectivity index is 1.41. The van der Waals surface area contributed by atoms with Crippen LogP contribution in [0.2, 0.25) is 0 Å². The summed E-state index contributed by atoms with van der Waals surface area (Å²) in [4.78, 5) is 11.2. The lowest BCUT2D eigenvalue weighted by molar-refractivity contribution is -0.137. The molecule has 8 nitrogen and oxygen atoms in total. The molecule has 0 fully saturated rings. The zero-order chi connectivity index (χ0) is 28.5. The third-order valence-corrected chi connectivity index (χ3v) is 7.30. The Morgan fingerprint density at radius 1 is 0.975 bits per heavy atom. The van der Waals surface area contributed by atoms with Gasteiger partial charge in [0.2, 0.25) is 6.79 Å². The van der Waals surface area contributed by atoms with Gasteiger partial charge in [0.15, 0.2) is 0 Å². The summed E-state index contributed by atoms with van der Waals surface area (Å²) < 4.78 is 45.8. The summed E-state index contributed by atoms with van der Waals surface area (Å²) >= 11 is 0. The first-order valence-corrected chi connectivity index (χ1v) is 14.9. The van der Waals surface area contributed by atoms with Gasteiger partial charge >= 0.3 is 5.97 Å². The zero-order valence-corrected chi connectivity index (χ0v) is 23.3. The van der Waals surface area contributed by atoms with Gasteiger partial charge in [-0.05, 0) is 60.4 Å². The number of carboxylic acid groups (broad SMARTS) is 1. The van der Waals surface area contributed by atoms with Gasteiger partial charge in [0.25, 0.3) is 0 Å². The molecule has 0 aromatic heterocycles. The standard InChI is InChI=1S/C31H32O8S/c1-3-5-25(18-31(32)33)24-8-10-26(11-9-24)37-20-22-7-13-29-28(16-22)27-12-6-23(17-30(27)39-21-38-29)19-36-14-4-15-40(2,34)35/h6-13,16-17,25H,4,14-15,18-21H2,1-2H3,(H,32,33)/t25-/m0/s1. The number of carbonyl (C=O) groups is 1. The van der Waals surface area contributed by atoms with Gasteiger partial charge < -0.3 is 24.1 Å². The molecule has 210 valence electrons. The Hall–Kier alpha value is -4.00. The van der Waals surface area contributed by atoms with E-state index in [9.17, 15) is 13.2 Å². The van der Waals surface area contributed by atoms with Crippen molar-refractivity contribution >= 4 is 15.8 Å². The molecule has 3 aromatic carbocycles. The van der Waals surface area contributed by atoms with E-state index in [1.54, 1.807) is 6.92 Å². The van der Waals surface area contributed by atoms with Crippen molar-refractivity contribution in [3.05, 3.63) is 77.4 Å². The number of carboxylic acids is 1. The monoisotopic (exact) mass is 564 g/mol. The lowest BCUT2D eigenvalue weighted by Gasteiger charge is -2.13. The first-order chi connectivity index (χ1) is 19.2. The summed E-state index contributed by atoms with van der Waals surface area (Å²) in [7, 11) is -2.99. The van der Waals surface area contributed by atoms with Crippen LogP contribution in [0.15, 0.2) is 60.7 Å². The largest absolute Gasteiger partial charge is 0.489 e. The van der Waals surface area contributed by atoms with E-state index in [1.807, 2.05) is 60.7 Å². The summed E-state index contributed by atoms with van der Waals surface area (Å²) in [6, 6.07) is 19.0. The van der Waals surface area contributed by atoms with Crippen LogP contribution in [0.4, 0.5) is 0 Å². The number of ether oxygens (including phenoxy) is 4. The maximum absolute atomic E-state index is 11.3. The maximum Gasteiger partial charge on any atom is 0.304 e. The molecule has 0 spiro atoms. The number of fused-ring (bicyclic) bond motifs is 3. The average Bonchev–Trinajstić information content (AvgIpc) is 3.09. The molecule has 1 N–H and O–H groups in total. The molecule has 40 heavy (non-hydrogen) atoms. The molecule has 4 rings (SSSR count). The summed E-state index contributed by atoms with van der Waals surface area (Å²) in [5.74, 6) is 6.65. The molecular weight excluding hydrogens is 532 g/mol. The first-order valence-electron chi connectivity index (χ1n) is 12.9. The van der Waals surface area contributed by atoms with Crippen molar-refractivity contribution in [3.8, 4) is 40.2 Å². The van der Waals surface area contributed by atoms with Gasteiger partial charge in [-0.25, -0.2) is 8.42 Å². The Morgan fingerprint density at radius 3 is 2.42 bits per heavy atom. The average molecular weight is 565 g/mol. The van der Waals surface area contributed by atoms with Crippen LogP contribution < -0.4 is 14.2 Å². The van der Waals surface area contributed by atoms with Gasteiger partial charge in [-0.1, -0.05) is 36.3 Å². The first kappa shape index (κ1) is 29.0. The number of hydrogen-bond acceptors (Lipinski definition) is 7. The Labute approximate surface area is 234 Å². The topological polar surface area (TPSA) is 108 Å². The number of rotatable bonds is 12. The van der Waals surface area contributed by atoms with Crippen LogP contribution in [0, 0.1) is 11.8 Å². The molecular formula is C31H32O8S. The summed E-state index contributed by atoms with van der Waals surface area (Å²) in [6.07, 6.45) is 1.62. The summed E-state index contributed by atoms with van der Waals surface area (Å²) in [5, 5.41) is 9.16. The van der Waals surface area contributed by atoms with Crippen LogP contribution in [0.5, 0.6) is 17.2 Å². The predicted molar refractivity (Wildman–Crippen MR) is 151 cm³/mol. The predicted octanol–water partition coefficient (Wildman–Crippen LogP) is 5.19. The molecule has 0 bridgehead atoms. The Bertz CT molecular complexity index is 1500. The van der Waals surface area contributed by atoms with Gasteiger partial charge in [0.1, 0.15) is 33.7 Å². The number of aliphatic carboxylic acids is 1. The highest BCUT2D eigenvalue weighted by Gasteiger charge is 2.18. The Morgan fingerprint density at radius 2 is 1.70 bits per heavy atom. The zero-order valence-electron chi connectivity index (χ0n) is 22.5. The molecule has 0 radical (unpaired) electrons. The van der Waals surface area contributed by atoms with Crippen molar-refractivity contribution in [2.45, 2.75) is 38.9 Å². The second-order valence-corrected chi connectivity index (χ2v) is 11.8. The van der Waals surface area contributed by atoms with E-state index in [1.165, 1.54) is 6.26 Å². The van der Waals surface area contributed by atoms with Crippen molar-refractivity contribution in [3.63, 3.8) is 0 Å². The van der Waals surface area contributed by atoms with Gasteiger partial charge in [0.05, 0.1) is 24.7 Å². The highest BCUT2D eigenvalue weighted by atomic mass is 32.2. The molecule has 0 amide bonds. The number of benzene rings is 3. The molecule has 1 aliphatic rings. The Kier molecular flexibility index (Phi) is 9.70. The van der Waals surface area contributed by atoms with Crippen LogP contribution in [0.3, 0.4) is 0 Å². The maximum atomic E-state index is 11.3. The smallest absolute Gasteiger partial charge is 0.304 e. The number of sulfone groups is 1. The van der Waals surface area contributed by atoms with E-state index in [4.69, 9.17) is 24.1 Å². The van der Waals surface area contributed by atoms with Crippen LogP contribution in [-0.2, 0) is 32.6 Å². The second-order valence-electron chi connectivity index (χ2n) is 9.51. The third-order valence-electron chi connectivity index (χ3n) is 6.27. The van der Waals surface area contributed by atoms with E-state index >= 15 is 0 Å². The van der Waals surface area contributed by atoms with Crippen LogP contribution in [-0.4, -0.2) is 44.9 Å². The van der Waals surface area contributed by atoms with Crippen LogP contribution in [0.25, 0.3) is 11.1 Å². The van der Waals surface area contributed by atoms with E-state index in [-0.39, 0.29) is 24.9 Å². The lowest BCUT2D eigenvalue weighted by Crippen LogP contribution is -2.06. The van der Waals surface area contributed by atoms with E-state index in [0.717, 1.165) is 27.8 Å². The number of hydrogen-bond donors (Lipinski definition) is 1. The molecule has 1 aliphatic heterocycles. The molecule has 0 unspecified atom stereocenters. The van der Waals surface area contributed by atoms with E-state index in [2.05, 4.69) is 11.8 Å². The minimum atomic E-state index is -2.99. The minimum Gasteiger partial charge on any atom is -0.489 e. The van der Waals surface area contributed by atoms with Gasteiger partial charge in [-0.15, -0.1) is 5.92 Å². The molecule has 9 heteroatoms. The fourth-order valence-corrected chi connectivity index (χ4v) is 4.98. The highest BCUT2D eigenvalue weighted by Crippen LogP contribution is 2.40. The molecule has 1 heterocycles. The summed E-state index contributed by atoms with van der Waals surface area (Å²) in [6.45, 7) is 2.81. The van der Waals surface area contributed by atoms with Gasteiger partial charge in [0, 0.05) is 24.0 Å².